The Morgan fingerprint density at radius 2 is 1.32 bits per heavy atom. The van der Waals surface area contributed by atoms with Crippen LogP contribution in [0.3, 0.4) is 0 Å². The maximum absolute atomic E-state index is 13.0. The largest absolute Gasteiger partial charge is 0.296 e. The van der Waals surface area contributed by atoms with Gasteiger partial charge in [-0.2, -0.15) is 8.61 Å². The topological polar surface area (TPSA) is 78.0 Å². The average Bonchev–Trinajstić information content (AvgIpc) is 2.76. The Balaban J connectivity index is 1.66. The Morgan fingerprint density at radius 3 is 1.84 bits per heavy atom. The van der Waals surface area contributed by atoms with Gasteiger partial charge in [-0.1, -0.05) is 37.6 Å². The van der Waals surface area contributed by atoms with Crippen LogP contribution in [-0.2, 0) is 26.6 Å². The standard InChI is InChI=1S/C21H28ClN3O4S2/c1-3-24(4-2)30(26,27)20-9-11-21(12-10-20)31(28,29)25-15-13-23(14-16-25)17-18-5-7-19(22)8-6-18/h5-12H,3-4,13-17H2,1-2H3. The molecule has 0 bridgehead atoms. The molecule has 1 heterocycles. The van der Waals surface area contributed by atoms with Crippen LogP contribution in [-0.4, -0.2) is 69.6 Å². The van der Waals surface area contributed by atoms with Crippen molar-refractivity contribution in [1.29, 1.82) is 0 Å². The smallest absolute Gasteiger partial charge is 0.243 e. The fourth-order valence-electron chi connectivity index (χ4n) is 3.62. The molecule has 3 rings (SSSR count). The zero-order valence-corrected chi connectivity index (χ0v) is 20.1. The maximum atomic E-state index is 13.0. The van der Waals surface area contributed by atoms with Crippen LogP contribution in [0.4, 0.5) is 0 Å². The highest BCUT2D eigenvalue weighted by atomic mass is 35.5. The van der Waals surface area contributed by atoms with Crippen LogP contribution in [0.1, 0.15) is 19.4 Å². The summed E-state index contributed by atoms with van der Waals surface area (Å²) in [6, 6.07) is 13.1. The third kappa shape index (κ3) is 5.47. The van der Waals surface area contributed by atoms with Crippen LogP contribution >= 0.6 is 11.6 Å². The number of rotatable bonds is 8. The molecular formula is C21H28ClN3O4S2. The molecule has 0 aliphatic carbocycles. The maximum Gasteiger partial charge on any atom is 0.243 e. The van der Waals surface area contributed by atoms with E-state index in [0.29, 0.717) is 44.3 Å². The van der Waals surface area contributed by atoms with E-state index >= 15 is 0 Å². The van der Waals surface area contributed by atoms with Gasteiger partial charge in [0.25, 0.3) is 0 Å². The predicted molar refractivity (Wildman–Crippen MR) is 122 cm³/mol. The summed E-state index contributed by atoms with van der Waals surface area (Å²) in [5, 5.41) is 0.690. The molecule has 0 aromatic heterocycles. The van der Waals surface area contributed by atoms with Crippen molar-refractivity contribution < 1.29 is 16.8 Å². The first-order valence-corrected chi connectivity index (χ1v) is 13.5. The summed E-state index contributed by atoms with van der Waals surface area (Å²) in [6.07, 6.45) is 0. The van der Waals surface area contributed by atoms with E-state index in [9.17, 15) is 16.8 Å². The quantitative estimate of drug-likeness (QED) is 0.574. The molecule has 0 unspecified atom stereocenters. The second-order valence-corrected chi connectivity index (χ2v) is 11.7. The third-order valence-electron chi connectivity index (χ3n) is 5.46. The number of hydrogen-bond donors (Lipinski definition) is 0. The van der Waals surface area contributed by atoms with Crippen molar-refractivity contribution in [2.75, 3.05) is 39.3 Å². The first-order chi connectivity index (χ1) is 14.7. The van der Waals surface area contributed by atoms with Crippen LogP contribution in [0.15, 0.2) is 58.3 Å². The lowest BCUT2D eigenvalue weighted by molar-refractivity contribution is 0.181. The second kappa shape index (κ2) is 9.97. The summed E-state index contributed by atoms with van der Waals surface area (Å²) in [6.45, 7) is 7.01. The van der Waals surface area contributed by atoms with Crippen LogP contribution in [0.2, 0.25) is 5.02 Å². The van der Waals surface area contributed by atoms with Gasteiger partial charge in [0.1, 0.15) is 0 Å². The number of benzene rings is 2. The monoisotopic (exact) mass is 485 g/mol. The van der Waals surface area contributed by atoms with E-state index in [-0.39, 0.29) is 9.79 Å². The van der Waals surface area contributed by atoms with Crippen LogP contribution in [0.5, 0.6) is 0 Å². The summed E-state index contributed by atoms with van der Waals surface area (Å²) < 4.78 is 54.1. The van der Waals surface area contributed by atoms with E-state index in [0.717, 1.165) is 12.1 Å². The Labute approximate surface area is 190 Å². The lowest BCUT2D eigenvalue weighted by atomic mass is 10.2. The molecule has 170 valence electrons. The van der Waals surface area contributed by atoms with Gasteiger partial charge in [0.05, 0.1) is 9.79 Å². The first kappa shape index (κ1) is 24.2. The molecule has 0 amide bonds. The Hall–Kier alpha value is -1.49. The van der Waals surface area contributed by atoms with Crippen molar-refractivity contribution in [3.63, 3.8) is 0 Å². The molecule has 0 N–H and O–H groups in total. The summed E-state index contributed by atoms with van der Waals surface area (Å²) in [5.74, 6) is 0. The second-order valence-electron chi connectivity index (χ2n) is 7.37. The zero-order valence-electron chi connectivity index (χ0n) is 17.7. The fourth-order valence-corrected chi connectivity index (χ4v) is 6.63. The van der Waals surface area contributed by atoms with Gasteiger partial charge in [-0.25, -0.2) is 16.8 Å². The van der Waals surface area contributed by atoms with Crippen LogP contribution in [0.25, 0.3) is 0 Å². The minimum Gasteiger partial charge on any atom is -0.296 e. The highest BCUT2D eigenvalue weighted by Gasteiger charge is 2.29. The minimum absolute atomic E-state index is 0.0999. The molecule has 2 aromatic rings. The molecule has 2 aromatic carbocycles. The fraction of sp³-hybridized carbons (Fsp3) is 0.429. The molecule has 1 saturated heterocycles. The van der Waals surface area contributed by atoms with E-state index in [1.807, 2.05) is 24.3 Å². The van der Waals surface area contributed by atoms with Gasteiger partial charge in [-0.3, -0.25) is 4.90 Å². The van der Waals surface area contributed by atoms with Crippen molar-refractivity contribution >= 4 is 31.6 Å². The molecule has 7 nitrogen and oxygen atoms in total. The van der Waals surface area contributed by atoms with Gasteiger partial charge in [0, 0.05) is 50.8 Å². The molecule has 0 saturated carbocycles. The van der Waals surface area contributed by atoms with Crippen molar-refractivity contribution in [3.05, 3.63) is 59.1 Å². The van der Waals surface area contributed by atoms with Gasteiger partial charge in [0.15, 0.2) is 0 Å². The Bertz CT molecular complexity index is 1080. The number of hydrogen-bond acceptors (Lipinski definition) is 5. The van der Waals surface area contributed by atoms with E-state index in [4.69, 9.17) is 11.6 Å². The molecule has 1 aliphatic rings. The molecule has 31 heavy (non-hydrogen) atoms. The highest BCUT2D eigenvalue weighted by Crippen LogP contribution is 2.22. The van der Waals surface area contributed by atoms with Gasteiger partial charge in [-0.15, -0.1) is 0 Å². The van der Waals surface area contributed by atoms with Gasteiger partial charge >= 0.3 is 0 Å². The molecule has 0 spiro atoms. The third-order valence-corrected chi connectivity index (χ3v) is 9.68. The van der Waals surface area contributed by atoms with Crippen molar-refractivity contribution in [2.45, 2.75) is 30.2 Å². The summed E-state index contributed by atoms with van der Waals surface area (Å²) in [5.41, 5.74) is 1.13. The number of piperazine rings is 1. The van der Waals surface area contributed by atoms with Crippen molar-refractivity contribution in [1.82, 2.24) is 13.5 Å². The Morgan fingerprint density at radius 1 is 0.806 bits per heavy atom. The average molecular weight is 486 g/mol. The lowest BCUT2D eigenvalue weighted by Crippen LogP contribution is -2.48. The predicted octanol–water partition coefficient (Wildman–Crippen LogP) is 2.88. The molecule has 0 atom stereocenters. The Kier molecular flexibility index (Phi) is 7.77. The van der Waals surface area contributed by atoms with Gasteiger partial charge in [-0.05, 0) is 42.0 Å². The molecule has 1 fully saturated rings. The molecule has 10 heteroatoms. The zero-order chi connectivity index (χ0) is 22.6. The SMILES string of the molecule is CCN(CC)S(=O)(=O)c1ccc(S(=O)(=O)N2CCN(Cc3ccc(Cl)cc3)CC2)cc1. The van der Waals surface area contributed by atoms with E-state index < -0.39 is 20.0 Å². The number of sulfonamides is 2. The molecule has 0 radical (unpaired) electrons. The number of halogens is 1. The first-order valence-electron chi connectivity index (χ1n) is 10.3. The summed E-state index contributed by atoms with van der Waals surface area (Å²) in [4.78, 5) is 2.41. The number of nitrogens with zero attached hydrogens (tertiary/aromatic N) is 3. The van der Waals surface area contributed by atoms with Crippen molar-refractivity contribution in [2.24, 2.45) is 0 Å². The molecular weight excluding hydrogens is 458 g/mol. The van der Waals surface area contributed by atoms with E-state index in [2.05, 4.69) is 4.90 Å². The van der Waals surface area contributed by atoms with E-state index in [1.165, 1.54) is 32.9 Å². The van der Waals surface area contributed by atoms with Crippen molar-refractivity contribution in [3.8, 4) is 0 Å². The van der Waals surface area contributed by atoms with Crippen LogP contribution < -0.4 is 0 Å². The van der Waals surface area contributed by atoms with E-state index in [1.54, 1.807) is 13.8 Å². The normalized spacial score (nSPS) is 16.6. The highest BCUT2D eigenvalue weighted by molar-refractivity contribution is 7.89. The summed E-state index contributed by atoms with van der Waals surface area (Å²) in [7, 11) is -7.29. The van der Waals surface area contributed by atoms with Gasteiger partial charge < -0.3 is 0 Å². The lowest BCUT2D eigenvalue weighted by Gasteiger charge is -2.34. The van der Waals surface area contributed by atoms with Gasteiger partial charge in [0.2, 0.25) is 20.0 Å². The summed E-state index contributed by atoms with van der Waals surface area (Å²) >= 11 is 5.92. The molecule has 1 aliphatic heterocycles. The van der Waals surface area contributed by atoms with Crippen LogP contribution in [0, 0.1) is 0 Å². The minimum atomic E-state index is -3.68.